The number of nitrogens with one attached hydrogen (secondary N) is 1. The van der Waals surface area contributed by atoms with Crippen LogP contribution in [0.5, 0.6) is 0 Å². The number of hydrogen-bond donors (Lipinski definition) is 1. The molecular weight excluding hydrogens is 324 g/mol. The maximum Gasteiger partial charge on any atom is 0.324 e. The Morgan fingerprint density at radius 1 is 1.22 bits per heavy atom. The number of carbonyl (C=O) groups is 1. The molecule has 0 atom stereocenters. The minimum atomic E-state index is -0.615. The van der Waals surface area contributed by atoms with E-state index in [1.807, 2.05) is 0 Å². The number of nitrogens with zero attached hydrogens (tertiary/aromatic N) is 3. The highest BCUT2D eigenvalue weighted by atomic mass is 32.1. The Balaban J connectivity index is 2.07. The van der Waals surface area contributed by atoms with Gasteiger partial charge in [0.15, 0.2) is 0 Å². The van der Waals surface area contributed by atoms with Gasteiger partial charge in [0.1, 0.15) is 0 Å². The van der Waals surface area contributed by atoms with Crippen LogP contribution in [0.3, 0.4) is 0 Å². The molecule has 0 unspecified atom stereocenters. The lowest BCUT2D eigenvalue weighted by Gasteiger charge is -2.01. The summed E-state index contributed by atoms with van der Waals surface area (Å²) in [4.78, 5) is 32.7. The highest BCUT2D eigenvalue weighted by molar-refractivity contribution is 7.16. The highest BCUT2D eigenvalue weighted by Crippen LogP contribution is 2.22. The average Bonchev–Trinajstić information content (AvgIpc) is 2.96. The number of nitro benzene ring substituents is 1. The molecule has 1 heterocycles. The van der Waals surface area contributed by atoms with Crippen LogP contribution >= 0.6 is 11.3 Å². The van der Waals surface area contributed by atoms with Crippen LogP contribution in [0.25, 0.3) is 0 Å². The molecule has 23 heavy (non-hydrogen) atoms. The van der Waals surface area contributed by atoms with E-state index in [1.165, 1.54) is 30.5 Å². The van der Waals surface area contributed by atoms with Gasteiger partial charge in [-0.25, -0.2) is 5.43 Å². The molecule has 2 aromatic rings. The van der Waals surface area contributed by atoms with Crippen LogP contribution in [-0.4, -0.2) is 22.0 Å². The molecular formula is C13H10N4O5S. The van der Waals surface area contributed by atoms with E-state index in [1.54, 1.807) is 6.92 Å². The number of amides is 1. The predicted octanol–water partition coefficient (Wildman–Crippen LogP) is 2.64. The van der Waals surface area contributed by atoms with E-state index in [-0.39, 0.29) is 16.3 Å². The molecule has 0 aliphatic carbocycles. The van der Waals surface area contributed by atoms with Crippen LogP contribution in [0, 0.1) is 27.2 Å². The fourth-order valence-electron chi connectivity index (χ4n) is 1.68. The van der Waals surface area contributed by atoms with Gasteiger partial charge in [-0.05, 0) is 19.1 Å². The largest absolute Gasteiger partial charge is 0.324 e. The van der Waals surface area contributed by atoms with E-state index < -0.39 is 15.8 Å². The van der Waals surface area contributed by atoms with Gasteiger partial charge in [0.2, 0.25) is 0 Å². The van der Waals surface area contributed by atoms with Crippen molar-refractivity contribution >= 4 is 34.1 Å². The molecule has 118 valence electrons. The smallest absolute Gasteiger partial charge is 0.267 e. The summed E-state index contributed by atoms with van der Waals surface area (Å²) < 4.78 is 0. The standard InChI is InChI=1S/C13H10N4O5S/c1-8-2-3-9(6-11(8)16(19)20)13(18)15-14-7-10-4-5-12(23-10)17(21)22/h2-7H,1H3,(H,15,18). The van der Waals surface area contributed by atoms with Crippen molar-refractivity contribution in [3.05, 3.63) is 66.6 Å². The van der Waals surface area contributed by atoms with Gasteiger partial charge in [0.25, 0.3) is 11.6 Å². The summed E-state index contributed by atoms with van der Waals surface area (Å²) in [6.07, 6.45) is 1.26. The zero-order valence-corrected chi connectivity index (χ0v) is 12.6. The second-order valence-corrected chi connectivity index (χ2v) is 5.48. The third-order valence-corrected chi connectivity index (χ3v) is 3.79. The fourth-order valence-corrected chi connectivity index (χ4v) is 2.37. The number of carbonyl (C=O) groups excluding carboxylic acids is 1. The number of aryl methyl sites for hydroxylation is 1. The van der Waals surface area contributed by atoms with E-state index in [9.17, 15) is 25.0 Å². The van der Waals surface area contributed by atoms with Gasteiger partial charge in [-0.15, -0.1) is 0 Å². The van der Waals surface area contributed by atoms with Crippen molar-refractivity contribution in [2.45, 2.75) is 6.92 Å². The van der Waals surface area contributed by atoms with Crippen molar-refractivity contribution in [1.29, 1.82) is 0 Å². The Labute approximate surface area is 133 Å². The predicted molar refractivity (Wildman–Crippen MR) is 83.9 cm³/mol. The van der Waals surface area contributed by atoms with E-state index in [4.69, 9.17) is 0 Å². The average molecular weight is 334 g/mol. The van der Waals surface area contributed by atoms with Crippen LogP contribution in [0.4, 0.5) is 10.7 Å². The summed E-state index contributed by atoms with van der Waals surface area (Å²) in [6.45, 7) is 1.57. The molecule has 0 aliphatic heterocycles. The zero-order chi connectivity index (χ0) is 17.0. The molecule has 10 heteroatoms. The number of nitro groups is 2. The first kappa shape index (κ1) is 16.2. The lowest BCUT2D eigenvalue weighted by atomic mass is 10.1. The first-order valence-corrected chi connectivity index (χ1v) is 7.03. The second-order valence-electron chi connectivity index (χ2n) is 4.39. The topological polar surface area (TPSA) is 128 Å². The van der Waals surface area contributed by atoms with Crippen molar-refractivity contribution in [2.75, 3.05) is 0 Å². The number of hydrazone groups is 1. The summed E-state index contributed by atoms with van der Waals surface area (Å²) in [5, 5.41) is 25.0. The Morgan fingerprint density at radius 2 is 1.96 bits per heavy atom. The molecule has 0 spiro atoms. The van der Waals surface area contributed by atoms with Crippen LogP contribution in [0.15, 0.2) is 35.4 Å². The Hall–Kier alpha value is -3.14. The van der Waals surface area contributed by atoms with Crippen LogP contribution in [0.1, 0.15) is 20.8 Å². The molecule has 0 radical (unpaired) electrons. The molecule has 0 bridgehead atoms. The van der Waals surface area contributed by atoms with Crippen LogP contribution in [0.2, 0.25) is 0 Å². The summed E-state index contributed by atoms with van der Waals surface area (Å²) >= 11 is 0.908. The number of benzene rings is 1. The quantitative estimate of drug-likeness (QED) is 0.510. The monoisotopic (exact) mass is 334 g/mol. The summed E-state index contributed by atoms with van der Waals surface area (Å²) in [5.74, 6) is -0.615. The zero-order valence-electron chi connectivity index (χ0n) is 11.8. The van der Waals surface area contributed by atoms with Crippen molar-refractivity contribution in [1.82, 2.24) is 5.43 Å². The first-order valence-electron chi connectivity index (χ1n) is 6.21. The van der Waals surface area contributed by atoms with E-state index in [0.717, 1.165) is 17.4 Å². The Kier molecular flexibility index (Phi) is 4.76. The third kappa shape index (κ3) is 3.95. The van der Waals surface area contributed by atoms with Gasteiger partial charge in [0.05, 0.1) is 20.9 Å². The van der Waals surface area contributed by atoms with Crippen molar-refractivity contribution in [3.63, 3.8) is 0 Å². The van der Waals surface area contributed by atoms with E-state index >= 15 is 0 Å². The summed E-state index contributed by atoms with van der Waals surface area (Å²) in [7, 11) is 0. The summed E-state index contributed by atoms with van der Waals surface area (Å²) in [5.41, 5.74) is 2.60. The minimum Gasteiger partial charge on any atom is -0.267 e. The molecule has 9 nitrogen and oxygen atoms in total. The van der Waals surface area contributed by atoms with Gasteiger partial charge >= 0.3 is 5.00 Å². The Morgan fingerprint density at radius 3 is 2.57 bits per heavy atom. The Bertz CT molecular complexity index is 814. The van der Waals surface area contributed by atoms with Gasteiger partial charge in [-0.3, -0.25) is 25.0 Å². The SMILES string of the molecule is Cc1ccc(C(=O)NN=Cc2ccc([N+](=O)[O-])s2)cc1[N+](=O)[O-]. The molecule has 1 amide bonds. The normalized spacial score (nSPS) is 10.7. The van der Waals surface area contributed by atoms with E-state index in [0.29, 0.717) is 10.4 Å². The van der Waals surface area contributed by atoms with Crippen molar-refractivity contribution in [2.24, 2.45) is 5.10 Å². The molecule has 1 N–H and O–H groups in total. The van der Waals surface area contributed by atoms with Gasteiger partial charge in [-0.1, -0.05) is 17.4 Å². The fraction of sp³-hybridized carbons (Fsp3) is 0.0769. The number of hydrogen-bond acceptors (Lipinski definition) is 7. The maximum absolute atomic E-state index is 11.9. The van der Waals surface area contributed by atoms with Crippen molar-refractivity contribution in [3.8, 4) is 0 Å². The highest BCUT2D eigenvalue weighted by Gasteiger charge is 2.14. The maximum atomic E-state index is 11.9. The molecule has 1 aromatic heterocycles. The van der Waals surface area contributed by atoms with E-state index in [2.05, 4.69) is 10.5 Å². The van der Waals surface area contributed by atoms with Crippen molar-refractivity contribution < 1.29 is 14.6 Å². The molecule has 0 saturated carbocycles. The molecule has 1 aromatic carbocycles. The third-order valence-electron chi connectivity index (χ3n) is 2.82. The number of thiophene rings is 1. The van der Waals surface area contributed by atoms with Gasteiger partial charge in [0, 0.05) is 23.3 Å². The van der Waals surface area contributed by atoms with Crippen LogP contribution < -0.4 is 5.43 Å². The molecule has 0 saturated heterocycles. The lowest BCUT2D eigenvalue weighted by molar-refractivity contribution is -0.385. The molecule has 2 rings (SSSR count). The molecule has 0 aliphatic rings. The second kappa shape index (κ2) is 6.75. The first-order chi connectivity index (χ1) is 10.9. The minimum absolute atomic E-state index is 0.0352. The lowest BCUT2D eigenvalue weighted by Crippen LogP contribution is -2.17. The van der Waals surface area contributed by atoms with Crippen LogP contribution in [-0.2, 0) is 0 Å². The van der Waals surface area contributed by atoms with Gasteiger partial charge < -0.3 is 0 Å². The molecule has 0 fully saturated rings. The number of rotatable bonds is 5. The summed E-state index contributed by atoms with van der Waals surface area (Å²) in [6, 6.07) is 6.91. The van der Waals surface area contributed by atoms with Gasteiger partial charge in [-0.2, -0.15) is 5.10 Å².